The molecule has 10 nitrogen and oxygen atoms in total. The number of ketones is 1. The van der Waals surface area contributed by atoms with E-state index in [1.807, 2.05) is 32.8 Å². The average molecular weight is 568 g/mol. The summed E-state index contributed by atoms with van der Waals surface area (Å²) in [6.07, 6.45) is 4.66. The van der Waals surface area contributed by atoms with Gasteiger partial charge >= 0.3 is 0 Å². The molecule has 1 heterocycles. The Morgan fingerprint density at radius 1 is 1.16 bits per heavy atom. The molecule has 2 N–H and O–H groups in total. The Balaban J connectivity index is 0.00000507. The van der Waals surface area contributed by atoms with Crippen molar-refractivity contribution < 1.29 is 23.9 Å². The summed E-state index contributed by atoms with van der Waals surface area (Å²) in [7, 11) is 3.94. The first-order valence-corrected chi connectivity index (χ1v) is 13.6. The van der Waals surface area contributed by atoms with Gasteiger partial charge in [-0.2, -0.15) is 0 Å². The second-order valence-corrected chi connectivity index (χ2v) is 11.2. The van der Waals surface area contributed by atoms with E-state index < -0.39 is 17.5 Å². The highest BCUT2D eigenvalue weighted by molar-refractivity contribution is 7.99. The number of amides is 2. The zero-order valence-corrected chi connectivity index (χ0v) is 24.0. The van der Waals surface area contributed by atoms with Crippen LogP contribution in [0, 0.1) is 5.92 Å². The van der Waals surface area contributed by atoms with E-state index in [9.17, 15) is 19.5 Å². The number of halogens is 1. The number of phenols is 1. The number of Topliss-reactive ketones (excluding diaryl/α,β-unsaturated/α-hetero) is 1. The summed E-state index contributed by atoms with van der Waals surface area (Å²) in [6.45, 7) is 4.76. The predicted octanol–water partition coefficient (Wildman–Crippen LogP) is 4.00. The number of benzene rings is 1. The Kier molecular flexibility index (Phi) is 12.1. The van der Waals surface area contributed by atoms with Crippen molar-refractivity contribution in [2.45, 2.75) is 69.3 Å². The number of thioether (sulfide) groups is 1. The lowest BCUT2D eigenvalue weighted by molar-refractivity contribution is -0.129. The van der Waals surface area contributed by atoms with Crippen LogP contribution >= 0.6 is 24.2 Å². The van der Waals surface area contributed by atoms with Gasteiger partial charge in [0.2, 0.25) is 12.2 Å². The molecule has 1 saturated carbocycles. The van der Waals surface area contributed by atoms with Crippen LogP contribution in [-0.2, 0) is 4.79 Å². The van der Waals surface area contributed by atoms with Crippen molar-refractivity contribution in [3.05, 3.63) is 35.7 Å². The van der Waals surface area contributed by atoms with E-state index in [0.29, 0.717) is 36.5 Å². The van der Waals surface area contributed by atoms with Crippen LogP contribution in [0.2, 0.25) is 0 Å². The van der Waals surface area contributed by atoms with Gasteiger partial charge in [-0.15, -0.1) is 22.6 Å². The molecule has 0 spiro atoms. The Labute approximate surface area is 234 Å². The Morgan fingerprint density at radius 3 is 2.39 bits per heavy atom. The summed E-state index contributed by atoms with van der Waals surface area (Å²) >= 11 is 1.37. The van der Waals surface area contributed by atoms with E-state index in [4.69, 9.17) is 4.42 Å². The van der Waals surface area contributed by atoms with Gasteiger partial charge in [-0.3, -0.25) is 14.4 Å². The largest absolute Gasteiger partial charge is 0.508 e. The molecule has 1 aromatic heterocycles. The highest BCUT2D eigenvalue weighted by Gasteiger charge is 2.45. The molecule has 1 aliphatic rings. The molecule has 1 fully saturated rings. The number of phenolic OH excluding ortho intramolecular Hbond substituents is 1. The van der Waals surface area contributed by atoms with Gasteiger partial charge < -0.3 is 24.6 Å². The number of rotatable bonds is 13. The molecule has 12 heteroatoms. The highest BCUT2D eigenvalue weighted by Crippen LogP contribution is 2.35. The predicted molar refractivity (Wildman–Crippen MR) is 148 cm³/mol. The number of carbonyl (C=O) groups excluding carboxylic acids is 3. The summed E-state index contributed by atoms with van der Waals surface area (Å²) in [5, 5.41) is 21.0. The van der Waals surface area contributed by atoms with Crippen molar-refractivity contribution in [1.82, 2.24) is 25.3 Å². The molecule has 1 aromatic carbocycles. The second kappa shape index (κ2) is 14.5. The topological polar surface area (TPSA) is 129 Å². The minimum atomic E-state index is -1.03. The molecule has 38 heavy (non-hydrogen) atoms. The molecule has 0 radical (unpaired) electrons. The fraction of sp³-hybridized carbons (Fsp3) is 0.577. The zero-order valence-electron chi connectivity index (χ0n) is 22.4. The average Bonchev–Trinajstić information content (AvgIpc) is 3.33. The smallest absolute Gasteiger partial charge is 0.286 e. The van der Waals surface area contributed by atoms with Gasteiger partial charge in [0.05, 0.1) is 0 Å². The molecule has 210 valence electrons. The molecule has 0 bridgehead atoms. The third-order valence-electron chi connectivity index (χ3n) is 6.48. The summed E-state index contributed by atoms with van der Waals surface area (Å²) in [6, 6.07) is 5.05. The molecule has 1 atom stereocenters. The quantitative estimate of drug-likeness (QED) is 0.160. The van der Waals surface area contributed by atoms with E-state index in [0.717, 1.165) is 31.6 Å². The van der Waals surface area contributed by atoms with Crippen molar-refractivity contribution in [1.29, 1.82) is 0 Å². The first-order valence-electron chi connectivity index (χ1n) is 12.7. The maximum absolute atomic E-state index is 13.7. The Bertz CT molecular complexity index is 1060. The maximum atomic E-state index is 13.7. The van der Waals surface area contributed by atoms with Crippen LogP contribution in [0.3, 0.4) is 0 Å². The number of hydrogen-bond acceptors (Lipinski definition) is 9. The molecular weight excluding hydrogens is 530 g/mol. The lowest BCUT2D eigenvalue weighted by Gasteiger charge is -2.48. The first-order chi connectivity index (χ1) is 17.6. The van der Waals surface area contributed by atoms with Crippen molar-refractivity contribution >= 4 is 42.3 Å². The number of aromatic nitrogens is 2. The molecule has 0 saturated heterocycles. The number of nitrogens with one attached hydrogen (secondary N) is 1. The summed E-state index contributed by atoms with van der Waals surface area (Å²) in [5.41, 5.74) is -0.676. The fourth-order valence-electron chi connectivity index (χ4n) is 4.57. The molecular formula is C26H38ClN5O5S. The molecule has 0 aliphatic heterocycles. The Hall–Kier alpha value is -2.63. The summed E-state index contributed by atoms with van der Waals surface area (Å²) in [5.74, 6) is -0.0776. The summed E-state index contributed by atoms with van der Waals surface area (Å²) in [4.78, 5) is 43.1. The van der Waals surface area contributed by atoms with Crippen LogP contribution in [0.1, 0.15) is 73.4 Å². The standard InChI is InChI=1S/C26H37N5O5S.ClH/c1-18(2)16-21(22(34)24-28-29-25(36-24)37-15-14-30(3)4)31(17-32)26(12-6-5-7-13-26)27-23(35)19-8-10-20(33)11-9-19;/h8-11,17-18,21,33H,5-7,12-16H2,1-4H3,(H,27,35);1H. The lowest BCUT2D eigenvalue weighted by atomic mass is 9.84. The number of nitrogens with zero attached hydrogens (tertiary/aromatic N) is 4. The van der Waals surface area contributed by atoms with Crippen LogP contribution < -0.4 is 5.32 Å². The normalized spacial score (nSPS) is 15.5. The number of hydrogen-bond donors (Lipinski definition) is 2. The van der Waals surface area contributed by atoms with Gasteiger partial charge in [0, 0.05) is 17.9 Å². The van der Waals surface area contributed by atoms with Gasteiger partial charge in [-0.1, -0.05) is 32.0 Å². The third kappa shape index (κ3) is 8.18. The third-order valence-corrected chi connectivity index (χ3v) is 7.28. The van der Waals surface area contributed by atoms with Gasteiger partial charge in [-0.05, 0) is 76.4 Å². The van der Waals surface area contributed by atoms with E-state index in [1.54, 1.807) is 0 Å². The molecule has 2 amide bonds. The highest BCUT2D eigenvalue weighted by atomic mass is 35.5. The van der Waals surface area contributed by atoms with E-state index in [-0.39, 0.29) is 35.9 Å². The van der Waals surface area contributed by atoms with Crippen molar-refractivity contribution in [3.8, 4) is 5.75 Å². The minimum absolute atomic E-state index is 0. The molecule has 1 unspecified atom stereocenters. The van der Waals surface area contributed by atoms with E-state index >= 15 is 0 Å². The van der Waals surface area contributed by atoms with Crippen molar-refractivity contribution in [2.75, 3.05) is 26.4 Å². The minimum Gasteiger partial charge on any atom is -0.508 e. The molecule has 1 aliphatic carbocycles. The van der Waals surface area contributed by atoms with Crippen LogP contribution in [0.4, 0.5) is 0 Å². The van der Waals surface area contributed by atoms with Crippen molar-refractivity contribution in [2.24, 2.45) is 5.92 Å². The van der Waals surface area contributed by atoms with Crippen LogP contribution in [0.15, 0.2) is 33.9 Å². The monoisotopic (exact) mass is 567 g/mol. The maximum Gasteiger partial charge on any atom is 0.286 e. The fourth-order valence-corrected chi connectivity index (χ4v) is 5.44. The SMILES string of the molecule is CC(C)CC(C(=O)c1nnc(SCCN(C)C)o1)N(C=O)C1(NC(=O)c2ccc(O)cc2)CCCCC1.Cl. The molecule has 3 rings (SSSR count). The number of carbonyl (C=O) groups is 3. The first kappa shape index (κ1) is 31.6. The van der Waals surface area contributed by atoms with Crippen LogP contribution in [-0.4, -0.2) is 81.3 Å². The lowest BCUT2D eigenvalue weighted by Crippen LogP contribution is -2.65. The Morgan fingerprint density at radius 2 is 1.82 bits per heavy atom. The van der Waals surface area contributed by atoms with Crippen LogP contribution in [0.5, 0.6) is 5.75 Å². The summed E-state index contributed by atoms with van der Waals surface area (Å²) < 4.78 is 5.69. The van der Waals surface area contributed by atoms with Gasteiger partial charge in [0.15, 0.2) is 0 Å². The molecule has 2 aromatic rings. The number of aromatic hydroxyl groups is 1. The van der Waals surface area contributed by atoms with E-state index in [1.165, 1.54) is 40.9 Å². The van der Waals surface area contributed by atoms with Gasteiger partial charge in [0.25, 0.3) is 17.0 Å². The van der Waals surface area contributed by atoms with Crippen LogP contribution in [0.25, 0.3) is 0 Å². The van der Waals surface area contributed by atoms with Gasteiger partial charge in [-0.25, -0.2) is 0 Å². The van der Waals surface area contributed by atoms with Gasteiger partial charge in [0.1, 0.15) is 17.5 Å². The van der Waals surface area contributed by atoms with Crippen molar-refractivity contribution in [3.63, 3.8) is 0 Å². The second-order valence-electron chi connectivity index (χ2n) is 10.1. The zero-order chi connectivity index (χ0) is 27.0. The van der Waals surface area contributed by atoms with E-state index in [2.05, 4.69) is 15.5 Å².